The molecule has 2 nitrogen and oxygen atoms in total. The fourth-order valence-electron chi connectivity index (χ4n) is 3.38. The number of quaternary nitrogens is 1. The van der Waals surface area contributed by atoms with Gasteiger partial charge in [0.1, 0.15) is 6.54 Å². The van der Waals surface area contributed by atoms with Gasteiger partial charge in [-0.1, -0.05) is 36.4 Å². The molecule has 0 saturated carbocycles. The number of para-hydroxylation sites is 1. The topological polar surface area (TPSA) is 7.68 Å². The molecule has 1 heterocycles. The van der Waals surface area contributed by atoms with Crippen LogP contribution >= 0.6 is 0 Å². The van der Waals surface area contributed by atoms with Gasteiger partial charge >= 0.3 is 6.18 Å². The highest BCUT2D eigenvalue weighted by Crippen LogP contribution is 2.31. The summed E-state index contributed by atoms with van der Waals surface area (Å²) in [7, 11) is 0. The van der Waals surface area contributed by atoms with Crippen molar-refractivity contribution >= 4 is 5.69 Å². The van der Waals surface area contributed by atoms with Crippen molar-refractivity contribution in [3.63, 3.8) is 0 Å². The van der Waals surface area contributed by atoms with E-state index >= 15 is 0 Å². The summed E-state index contributed by atoms with van der Waals surface area (Å²) in [5.74, 6) is 0. The number of hydrogen-bond donors (Lipinski definition) is 1. The first-order valence-electron chi connectivity index (χ1n) is 8.24. The molecule has 1 aliphatic rings. The van der Waals surface area contributed by atoms with Crippen molar-refractivity contribution in [3.05, 3.63) is 65.2 Å². The molecule has 0 aromatic heterocycles. The van der Waals surface area contributed by atoms with Crippen molar-refractivity contribution in [1.82, 2.24) is 0 Å². The molecule has 1 N–H and O–H groups in total. The number of hydrogen-bond acceptors (Lipinski definition) is 1. The molecule has 0 atom stereocenters. The van der Waals surface area contributed by atoms with Crippen LogP contribution in [0.3, 0.4) is 0 Å². The highest BCUT2D eigenvalue weighted by Gasteiger charge is 2.34. The maximum atomic E-state index is 13.1. The second-order valence-electron chi connectivity index (χ2n) is 6.36. The number of aryl methyl sites for hydroxylation is 1. The van der Waals surface area contributed by atoms with E-state index < -0.39 is 11.7 Å². The minimum atomic E-state index is -4.28. The predicted octanol–water partition coefficient (Wildman–Crippen LogP) is 2.92. The van der Waals surface area contributed by atoms with Gasteiger partial charge in [0.15, 0.2) is 0 Å². The molecule has 0 bridgehead atoms. The predicted molar refractivity (Wildman–Crippen MR) is 89.2 cm³/mol. The average Bonchev–Trinajstić information content (AvgIpc) is 2.56. The summed E-state index contributed by atoms with van der Waals surface area (Å²) in [6, 6.07) is 14.2. The fraction of sp³-hybridized carbons (Fsp3) is 0.368. The zero-order valence-electron chi connectivity index (χ0n) is 13.7. The fourth-order valence-corrected chi connectivity index (χ4v) is 3.38. The van der Waals surface area contributed by atoms with Crippen LogP contribution in [0.15, 0.2) is 48.5 Å². The van der Waals surface area contributed by atoms with Gasteiger partial charge in [-0.05, 0) is 24.6 Å². The standard InChI is InChI=1S/C19H21F3N2/c1-15-6-2-5-9-18(15)24-12-10-23(11-13-24)14-16-7-3-4-8-17(16)19(20,21)22/h2-9H,10-14H2,1H3/p+1. The second-order valence-corrected chi connectivity index (χ2v) is 6.36. The summed E-state index contributed by atoms with van der Waals surface area (Å²) in [6.45, 7) is 5.95. The largest absolute Gasteiger partial charge is 0.416 e. The summed E-state index contributed by atoms with van der Waals surface area (Å²) in [5.41, 5.74) is 2.36. The van der Waals surface area contributed by atoms with E-state index in [4.69, 9.17) is 0 Å². The molecule has 2 aromatic rings. The highest BCUT2D eigenvalue weighted by atomic mass is 19.4. The molecule has 1 aliphatic heterocycles. The average molecular weight is 335 g/mol. The third-order valence-electron chi connectivity index (χ3n) is 4.69. The Labute approximate surface area is 140 Å². The van der Waals surface area contributed by atoms with E-state index in [-0.39, 0.29) is 0 Å². The van der Waals surface area contributed by atoms with Crippen molar-refractivity contribution in [3.8, 4) is 0 Å². The Kier molecular flexibility index (Phi) is 4.81. The molecule has 24 heavy (non-hydrogen) atoms. The maximum absolute atomic E-state index is 13.1. The van der Waals surface area contributed by atoms with Gasteiger partial charge in [0, 0.05) is 11.3 Å². The summed E-state index contributed by atoms with van der Waals surface area (Å²) >= 11 is 0. The molecule has 0 unspecified atom stereocenters. The van der Waals surface area contributed by atoms with E-state index in [9.17, 15) is 13.2 Å². The number of nitrogens with zero attached hydrogens (tertiary/aromatic N) is 1. The molecule has 0 aliphatic carbocycles. The molecule has 2 aromatic carbocycles. The van der Waals surface area contributed by atoms with Crippen LogP contribution in [0.4, 0.5) is 18.9 Å². The number of halogens is 3. The number of benzene rings is 2. The molecule has 1 fully saturated rings. The molecule has 0 spiro atoms. The number of nitrogens with one attached hydrogen (secondary N) is 1. The molecule has 5 heteroatoms. The van der Waals surface area contributed by atoms with Crippen LogP contribution in [0.5, 0.6) is 0 Å². The third-order valence-corrected chi connectivity index (χ3v) is 4.69. The minimum Gasteiger partial charge on any atom is -0.360 e. The van der Waals surface area contributed by atoms with Gasteiger partial charge in [0.05, 0.1) is 31.7 Å². The molecular weight excluding hydrogens is 313 g/mol. The van der Waals surface area contributed by atoms with Gasteiger partial charge in [-0.15, -0.1) is 0 Å². The first-order chi connectivity index (χ1) is 11.4. The second kappa shape index (κ2) is 6.85. The molecular formula is C19H22F3N2+. The van der Waals surface area contributed by atoms with Crippen molar-refractivity contribution in [2.75, 3.05) is 31.1 Å². The summed E-state index contributed by atoms with van der Waals surface area (Å²) < 4.78 is 39.3. The Balaban J connectivity index is 1.66. The molecule has 0 radical (unpaired) electrons. The Morgan fingerprint density at radius 1 is 0.958 bits per heavy atom. The van der Waals surface area contributed by atoms with E-state index in [1.165, 1.54) is 28.3 Å². The van der Waals surface area contributed by atoms with Gasteiger partial charge in [0.25, 0.3) is 0 Å². The normalized spacial score (nSPS) is 16.4. The van der Waals surface area contributed by atoms with E-state index in [0.29, 0.717) is 12.1 Å². The lowest BCUT2D eigenvalue weighted by Gasteiger charge is -2.34. The van der Waals surface area contributed by atoms with Crippen LogP contribution in [0, 0.1) is 6.92 Å². The van der Waals surface area contributed by atoms with Gasteiger partial charge in [-0.3, -0.25) is 0 Å². The lowest BCUT2D eigenvalue weighted by molar-refractivity contribution is -0.914. The molecule has 128 valence electrons. The summed E-state index contributed by atoms with van der Waals surface area (Å²) in [6.07, 6.45) is -4.28. The Morgan fingerprint density at radius 3 is 2.25 bits per heavy atom. The van der Waals surface area contributed by atoms with E-state index in [2.05, 4.69) is 24.0 Å². The smallest absolute Gasteiger partial charge is 0.360 e. The van der Waals surface area contributed by atoms with Gasteiger partial charge in [-0.25, -0.2) is 0 Å². The van der Waals surface area contributed by atoms with Crippen LogP contribution in [0.1, 0.15) is 16.7 Å². The monoisotopic (exact) mass is 335 g/mol. The van der Waals surface area contributed by atoms with Crippen LogP contribution in [0.25, 0.3) is 0 Å². The van der Waals surface area contributed by atoms with E-state index in [0.717, 1.165) is 26.2 Å². The number of alkyl halides is 3. The molecule has 0 amide bonds. The zero-order chi connectivity index (χ0) is 17.2. The SMILES string of the molecule is Cc1ccccc1N1CC[NH+](Cc2ccccc2C(F)(F)F)CC1. The van der Waals surface area contributed by atoms with Crippen molar-refractivity contribution in [2.45, 2.75) is 19.6 Å². The van der Waals surface area contributed by atoms with Crippen LogP contribution in [-0.2, 0) is 12.7 Å². The van der Waals surface area contributed by atoms with Gasteiger partial charge < -0.3 is 9.80 Å². The minimum absolute atomic E-state index is 0.393. The van der Waals surface area contributed by atoms with E-state index in [1.807, 2.05) is 12.1 Å². The zero-order valence-corrected chi connectivity index (χ0v) is 13.7. The number of anilines is 1. The molecule has 3 rings (SSSR count). The number of piperazine rings is 1. The number of rotatable bonds is 3. The van der Waals surface area contributed by atoms with Crippen LogP contribution in [0.2, 0.25) is 0 Å². The van der Waals surface area contributed by atoms with Crippen LogP contribution in [-0.4, -0.2) is 26.2 Å². The van der Waals surface area contributed by atoms with Gasteiger partial charge in [-0.2, -0.15) is 13.2 Å². The summed E-state index contributed by atoms with van der Waals surface area (Å²) in [5, 5.41) is 0. The lowest BCUT2D eigenvalue weighted by atomic mass is 10.1. The van der Waals surface area contributed by atoms with Gasteiger partial charge in [0.2, 0.25) is 0 Å². The van der Waals surface area contributed by atoms with Crippen molar-refractivity contribution in [1.29, 1.82) is 0 Å². The van der Waals surface area contributed by atoms with Crippen molar-refractivity contribution < 1.29 is 18.1 Å². The maximum Gasteiger partial charge on any atom is 0.416 e. The Morgan fingerprint density at radius 2 is 1.58 bits per heavy atom. The first kappa shape index (κ1) is 16.8. The third kappa shape index (κ3) is 3.73. The summed E-state index contributed by atoms with van der Waals surface area (Å²) in [4.78, 5) is 3.53. The lowest BCUT2D eigenvalue weighted by Crippen LogP contribution is -3.13. The quantitative estimate of drug-likeness (QED) is 0.906. The molecule has 1 saturated heterocycles. The first-order valence-corrected chi connectivity index (χ1v) is 8.24. The van der Waals surface area contributed by atoms with E-state index in [1.54, 1.807) is 12.1 Å². The Hall–Kier alpha value is -2.01. The Bertz CT molecular complexity index is 689. The van der Waals surface area contributed by atoms with Crippen molar-refractivity contribution in [2.24, 2.45) is 0 Å². The van der Waals surface area contributed by atoms with Crippen LogP contribution < -0.4 is 9.80 Å². The highest BCUT2D eigenvalue weighted by molar-refractivity contribution is 5.53.